The molecule has 5 heteroatoms. The highest BCUT2D eigenvalue weighted by molar-refractivity contribution is 5.74. The van der Waals surface area contributed by atoms with Gasteiger partial charge in [-0.3, -0.25) is 0 Å². The normalized spacial score (nSPS) is 17.8. The van der Waals surface area contributed by atoms with Gasteiger partial charge in [-0.2, -0.15) is 0 Å². The number of fused-ring (bicyclic) bond motifs is 2. The Balaban J connectivity index is 1.32. The maximum Gasteiger partial charge on any atom is 0.315 e. The molecule has 5 nitrogen and oxygen atoms in total. The first kappa shape index (κ1) is 16.3. The monoisotopic (exact) mass is 342 g/mol. The highest BCUT2D eigenvalue weighted by Crippen LogP contribution is 2.40. The second-order valence-corrected chi connectivity index (χ2v) is 6.98. The number of allylic oxidation sites excluding steroid dienone is 1. The van der Waals surface area contributed by atoms with E-state index in [1.54, 1.807) is 0 Å². The minimum atomic E-state index is -0.111. The number of urea groups is 1. The van der Waals surface area contributed by atoms with Crippen molar-refractivity contribution < 1.29 is 14.3 Å². The summed E-state index contributed by atoms with van der Waals surface area (Å²) in [5.41, 5.74) is 4.96. The van der Waals surface area contributed by atoms with E-state index in [0.717, 1.165) is 36.3 Å². The minimum Gasteiger partial charge on any atom is -0.493 e. The van der Waals surface area contributed by atoms with Gasteiger partial charge in [-0.15, -0.1) is 0 Å². The molecule has 134 valence electrons. The van der Waals surface area contributed by atoms with Gasteiger partial charge in [-0.25, -0.2) is 4.79 Å². The van der Waals surface area contributed by atoms with Gasteiger partial charge >= 0.3 is 6.03 Å². The molecular formula is C20H26N2O3. The molecule has 0 unspecified atom stereocenters. The average Bonchev–Trinajstić information content (AvgIpc) is 3.28. The van der Waals surface area contributed by atoms with E-state index < -0.39 is 0 Å². The summed E-state index contributed by atoms with van der Waals surface area (Å²) in [4.78, 5) is 12.1. The van der Waals surface area contributed by atoms with Crippen LogP contribution in [0.4, 0.5) is 4.79 Å². The van der Waals surface area contributed by atoms with E-state index in [-0.39, 0.29) is 6.03 Å². The highest BCUT2D eigenvalue weighted by Gasteiger charge is 2.26. The lowest BCUT2D eigenvalue weighted by atomic mass is 9.97. The van der Waals surface area contributed by atoms with Crippen LogP contribution in [0.25, 0.3) is 0 Å². The molecule has 0 fully saturated rings. The van der Waals surface area contributed by atoms with E-state index in [4.69, 9.17) is 9.47 Å². The Hall–Kier alpha value is -2.17. The largest absolute Gasteiger partial charge is 0.493 e. The van der Waals surface area contributed by atoms with Gasteiger partial charge in [-0.1, -0.05) is 11.6 Å². The van der Waals surface area contributed by atoms with Crippen molar-refractivity contribution >= 4 is 6.03 Å². The third kappa shape index (κ3) is 3.60. The van der Waals surface area contributed by atoms with E-state index in [2.05, 4.69) is 22.8 Å². The van der Waals surface area contributed by atoms with E-state index in [1.807, 2.05) is 0 Å². The zero-order chi connectivity index (χ0) is 17.1. The molecule has 0 saturated carbocycles. The number of hydrogen-bond donors (Lipinski definition) is 2. The van der Waals surface area contributed by atoms with Gasteiger partial charge < -0.3 is 20.1 Å². The molecule has 0 atom stereocenters. The predicted molar refractivity (Wildman–Crippen MR) is 96.2 cm³/mol. The maximum atomic E-state index is 12.1. The van der Waals surface area contributed by atoms with Crippen LogP contribution in [0, 0.1) is 0 Å². The SMILES string of the molecule is O=C(NCCC1=CCCCC1)NCc1c2c(cc3c1OCC3)OCC2. The standard InChI is InChI=1S/C20H26N2O3/c23-20(21-9-6-14-4-2-1-3-5-14)22-13-17-16-8-11-24-18(16)12-15-7-10-25-19(15)17/h4,12H,1-3,5-11,13H2,(H2,21,22,23). The van der Waals surface area contributed by atoms with E-state index in [0.29, 0.717) is 26.3 Å². The second kappa shape index (κ2) is 7.38. The van der Waals surface area contributed by atoms with Crippen molar-refractivity contribution in [1.82, 2.24) is 10.6 Å². The highest BCUT2D eigenvalue weighted by atomic mass is 16.5. The first-order chi connectivity index (χ1) is 12.3. The summed E-state index contributed by atoms with van der Waals surface area (Å²) in [7, 11) is 0. The molecule has 4 rings (SSSR count). The zero-order valence-corrected chi connectivity index (χ0v) is 14.7. The summed E-state index contributed by atoms with van der Waals surface area (Å²) in [6, 6.07) is 1.99. The van der Waals surface area contributed by atoms with Crippen molar-refractivity contribution in [3.8, 4) is 11.5 Å². The van der Waals surface area contributed by atoms with Crippen LogP contribution >= 0.6 is 0 Å². The van der Waals surface area contributed by atoms with Crippen molar-refractivity contribution in [2.24, 2.45) is 0 Å². The van der Waals surface area contributed by atoms with Crippen molar-refractivity contribution in [3.63, 3.8) is 0 Å². The van der Waals surface area contributed by atoms with Crippen LogP contribution in [0.3, 0.4) is 0 Å². The lowest BCUT2D eigenvalue weighted by Gasteiger charge is -2.15. The molecule has 25 heavy (non-hydrogen) atoms. The Morgan fingerprint density at radius 1 is 1.08 bits per heavy atom. The predicted octanol–water partition coefficient (Wildman–Crippen LogP) is 3.25. The minimum absolute atomic E-state index is 0.111. The molecule has 3 aliphatic rings. The van der Waals surface area contributed by atoms with Gasteiger partial charge in [-0.05, 0) is 38.2 Å². The van der Waals surface area contributed by atoms with Crippen molar-refractivity contribution in [1.29, 1.82) is 0 Å². The first-order valence-corrected chi connectivity index (χ1v) is 9.44. The van der Waals surface area contributed by atoms with Crippen LogP contribution < -0.4 is 20.1 Å². The molecule has 0 aromatic heterocycles. The van der Waals surface area contributed by atoms with Crippen LogP contribution in [0.15, 0.2) is 17.7 Å². The number of amides is 2. The first-order valence-electron chi connectivity index (χ1n) is 9.44. The molecule has 2 amide bonds. The van der Waals surface area contributed by atoms with Gasteiger partial charge in [0.1, 0.15) is 11.5 Å². The number of nitrogens with one attached hydrogen (secondary N) is 2. The van der Waals surface area contributed by atoms with Gasteiger partial charge in [0, 0.05) is 42.6 Å². The van der Waals surface area contributed by atoms with Crippen molar-refractivity contribution in [2.45, 2.75) is 51.5 Å². The van der Waals surface area contributed by atoms with Crippen LogP contribution in [0.5, 0.6) is 11.5 Å². The average molecular weight is 342 g/mol. The fourth-order valence-electron chi connectivity index (χ4n) is 3.97. The molecule has 1 aliphatic carbocycles. The van der Waals surface area contributed by atoms with Gasteiger partial charge in [0.15, 0.2) is 0 Å². The van der Waals surface area contributed by atoms with E-state index in [9.17, 15) is 4.79 Å². The molecule has 0 saturated heterocycles. The van der Waals surface area contributed by atoms with Gasteiger partial charge in [0.25, 0.3) is 0 Å². The molecule has 1 aromatic rings. The Morgan fingerprint density at radius 3 is 2.88 bits per heavy atom. The second-order valence-electron chi connectivity index (χ2n) is 6.98. The van der Waals surface area contributed by atoms with Crippen molar-refractivity contribution in [3.05, 3.63) is 34.4 Å². The van der Waals surface area contributed by atoms with Crippen molar-refractivity contribution in [2.75, 3.05) is 19.8 Å². The van der Waals surface area contributed by atoms with E-state index in [1.165, 1.54) is 42.4 Å². The zero-order valence-electron chi connectivity index (χ0n) is 14.7. The Morgan fingerprint density at radius 2 is 2.00 bits per heavy atom. The number of carbonyl (C=O) groups excluding carboxylic acids is 1. The summed E-state index contributed by atoms with van der Waals surface area (Å²) in [6.45, 7) is 2.62. The lowest BCUT2D eigenvalue weighted by Crippen LogP contribution is -2.36. The fourth-order valence-corrected chi connectivity index (χ4v) is 3.97. The Kier molecular flexibility index (Phi) is 4.81. The maximum absolute atomic E-state index is 12.1. The Bertz CT molecular complexity index is 664. The summed E-state index contributed by atoms with van der Waals surface area (Å²) < 4.78 is 11.5. The van der Waals surface area contributed by atoms with Crippen LogP contribution in [-0.4, -0.2) is 25.8 Å². The number of carbonyl (C=O) groups is 1. The topological polar surface area (TPSA) is 59.6 Å². The fraction of sp³-hybridized carbons (Fsp3) is 0.550. The number of benzene rings is 1. The molecular weight excluding hydrogens is 316 g/mol. The smallest absolute Gasteiger partial charge is 0.315 e. The Labute approximate surface area is 148 Å². The molecule has 2 N–H and O–H groups in total. The summed E-state index contributed by atoms with van der Waals surface area (Å²) in [5, 5.41) is 5.96. The molecule has 2 heterocycles. The number of ether oxygens (including phenoxy) is 2. The van der Waals surface area contributed by atoms with E-state index >= 15 is 0 Å². The van der Waals surface area contributed by atoms with Crippen LogP contribution in [-0.2, 0) is 19.4 Å². The molecule has 1 aromatic carbocycles. The summed E-state index contributed by atoms with van der Waals surface area (Å²) >= 11 is 0. The molecule has 0 spiro atoms. The summed E-state index contributed by atoms with van der Waals surface area (Å²) in [6.07, 6.45) is 10.0. The van der Waals surface area contributed by atoms with Gasteiger partial charge in [0.2, 0.25) is 0 Å². The third-order valence-electron chi connectivity index (χ3n) is 5.30. The number of rotatable bonds is 5. The molecule has 0 bridgehead atoms. The quantitative estimate of drug-likeness (QED) is 0.808. The van der Waals surface area contributed by atoms with Gasteiger partial charge in [0.05, 0.1) is 13.2 Å². The molecule has 0 radical (unpaired) electrons. The summed E-state index contributed by atoms with van der Waals surface area (Å²) in [5.74, 6) is 1.92. The molecule has 2 aliphatic heterocycles. The number of hydrogen-bond acceptors (Lipinski definition) is 3. The van der Waals surface area contributed by atoms with Crippen LogP contribution in [0.1, 0.15) is 48.8 Å². The lowest BCUT2D eigenvalue weighted by molar-refractivity contribution is 0.240. The third-order valence-corrected chi connectivity index (χ3v) is 5.30. The van der Waals surface area contributed by atoms with Crippen LogP contribution in [0.2, 0.25) is 0 Å².